The van der Waals surface area contributed by atoms with Crippen LogP contribution in [0, 0.1) is 27.6 Å². The van der Waals surface area contributed by atoms with Gasteiger partial charge in [0.15, 0.2) is 5.82 Å². The van der Waals surface area contributed by atoms with E-state index in [0.717, 1.165) is 25.7 Å². The van der Waals surface area contributed by atoms with E-state index in [1.807, 2.05) is 0 Å². The third-order valence-electron chi connectivity index (χ3n) is 3.76. The molecule has 1 amide bonds. The summed E-state index contributed by atoms with van der Waals surface area (Å²) >= 11 is 0. The highest BCUT2D eigenvalue weighted by Gasteiger charge is 2.29. The number of benzene rings is 1. The number of rotatable bonds is 3. The molecule has 0 bridgehead atoms. The maximum absolute atomic E-state index is 13.7. The third kappa shape index (κ3) is 3.37. The first-order valence-electron chi connectivity index (χ1n) is 7.04. The molecule has 1 saturated carbocycles. The monoisotopic (exact) mass is 316 g/mol. The van der Waals surface area contributed by atoms with Gasteiger partial charge >= 0.3 is 5.69 Å². The van der Waals surface area contributed by atoms with E-state index in [1.165, 1.54) is 0 Å². The second-order valence-electron chi connectivity index (χ2n) is 5.30. The molecule has 0 aromatic heterocycles. The molecule has 0 unspecified atom stereocenters. The fourth-order valence-electron chi connectivity index (χ4n) is 2.58. The zero-order valence-corrected chi connectivity index (χ0v) is 11.7. The molecule has 0 spiro atoms. The van der Waals surface area contributed by atoms with Crippen molar-refractivity contribution in [1.29, 1.82) is 0 Å². The lowest BCUT2D eigenvalue weighted by Crippen LogP contribution is -2.35. The Labute approximate surface area is 124 Å². The van der Waals surface area contributed by atoms with E-state index in [4.69, 9.17) is 0 Å². The Balaban J connectivity index is 2.27. The molecule has 5 nitrogen and oxygen atoms in total. The number of carbonyl (C=O) groups excluding carboxylic acids is 1. The number of hydrogen-bond donors (Lipinski definition) is 1. The molecule has 22 heavy (non-hydrogen) atoms. The third-order valence-corrected chi connectivity index (χ3v) is 3.76. The molecule has 1 aliphatic carbocycles. The minimum Gasteiger partial charge on any atom is -0.349 e. The van der Waals surface area contributed by atoms with Crippen LogP contribution in [0.1, 0.15) is 48.9 Å². The minimum absolute atomic E-state index is 0.193. The molecule has 0 aliphatic heterocycles. The highest BCUT2D eigenvalue weighted by atomic mass is 19.2. The van der Waals surface area contributed by atoms with Gasteiger partial charge in [0.2, 0.25) is 11.6 Å². The van der Waals surface area contributed by atoms with Crippen molar-refractivity contribution in [2.24, 2.45) is 0 Å². The van der Waals surface area contributed by atoms with Crippen molar-refractivity contribution in [3.05, 3.63) is 39.2 Å². The highest BCUT2D eigenvalue weighted by molar-refractivity contribution is 5.95. The summed E-state index contributed by atoms with van der Waals surface area (Å²) in [5.41, 5.74) is -2.11. The number of nitrogens with one attached hydrogen (secondary N) is 1. The molecule has 0 radical (unpaired) electrons. The Morgan fingerprint density at radius 1 is 1.09 bits per heavy atom. The average molecular weight is 316 g/mol. The molecule has 1 aliphatic rings. The van der Waals surface area contributed by atoms with Crippen molar-refractivity contribution >= 4 is 11.6 Å². The summed E-state index contributed by atoms with van der Waals surface area (Å²) < 4.78 is 40.4. The van der Waals surface area contributed by atoms with Gasteiger partial charge < -0.3 is 5.32 Å². The van der Waals surface area contributed by atoms with E-state index in [0.29, 0.717) is 18.9 Å². The minimum atomic E-state index is -2.01. The van der Waals surface area contributed by atoms with E-state index in [1.54, 1.807) is 0 Å². The molecule has 0 heterocycles. The lowest BCUT2D eigenvalue weighted by molar-refractivity contribution is -0.387. The van der Waals surface area contributed by atoms with Gasteiger partial charge in [-0.15, -0.1) is 0 Å². The molecule has 1 N–H and O–H groups in total. The summed E-state index contributed by atoms with van der Waals surface area (Å²) in [4.78, 5) is 21.5. The summed E-state index contributed by atoms with van der Waals surface area (Å²) in [6.07, 6.45) is 5.31. The molecule has 1 fully saturated rings. The van der Waals surface area contributed by atoms with Crippen LogP contribution in [-0.4, -0.2) is 16.9 Å². The molecule has 0 atom stereocenters. The standard InChI is InChI=1S/C14H15F3N2O3/c15-11-9(7-10(19(21)22)12(16)13(11)17)14(20)18-8-5-3-1-2-4-6-8/h7-8H,1-6H2,(H,18,20). The van der Waals surface area contributed by atoms with E-state index in [9.17, 15) is 28.1 Å². The van der Waals surface area contributed by atoms with Crippen molar-refractivity contribution in [3.63, 3.8) is 0 Å². The first-order valence-corrected chi connectivity index (χ1v) is 7.04. The van der Waals surface area contributed by atoms with Crippen LogP contribution in [-0.2, 0) is 0 Å². The lowest BCUT2D eigenvalue weighted by Gasteiger charge is -2.16. The van der Waals surface area contributed by atoms with Gasteiger partial charge in [0.25, 0.3) is 5.91 Å². The number of nitro groups is 1. The Kier molecular flexibility index (Phi) is 4.99. The van der Waals surface area contributed by atoms with Crippen molar-refractivity contribution in [2.75, 3.05) is 0 Å². The van der Waals surface area contributed by atoms with Crippen LogP contribution in [0.5, 0.6) is 0 Å². The van der Waals surface area contributed by atoms with Gasteiger partial charge in [-0.2, -0.15) is 4.39 Å². The van der Waals surface area contributed by atoms with Crippen LogP contribution in [0.2, 0.25) is 0 Å². The van der Waals surface area contributed by atoms with Crippen molar-refractivity contribution < 1.29 is 22.9 Å². The van der Waals surface area contributed by atoms with Gasteiger partial charge in [0, 0.05) is 12.1 Å². The number of nitro benzene ring substituents is 1. The molecule has 1 aromatic rings. The second kappa shape index (κ2) is 6.76. The first-order chi connectivity index (χ1) is 10.4. The number of amides is 1. The summed E-state index contributed by atoms with van der Waals surface area (Å²) in [5, 5.41) is 13.2. The maximum atomic E-state index is 13.7. The number of hydrogen-bond acceptors (Lipinski definition) is 3. The quantitative estimate of drug-likeness (QED) is 0.402. The topological polar surface area (TPSA) is 72.2 Å². The SMILES string of the molecule is O=C(NC1CCCCCC1)c1cc([N+](=O)[O-])c(F)c(F)c1F. The summed E-state index contributed by atoms with van der Waals surface area (Å²) in [6, 6.07) is 0.237. The van der Waals surface area contributed by atoms with Gasteiger partial charge in [-0.25, -0.2) is 8.78 Å². The molecule has 1 aromatic carbocycles. The van der Waals surface area contributed by atoms with Crippen molar-refractivity contribution in [1.82, 2.24) is 5.32 Å². The van der Waals surface area contributed by atoms with Crippen LogP contribution in [0.15, 0.2) is 6.07 Å². The van der Waals surface area contributed by atoms with Crippen LogP contribution >= 0.6 is 0 Å². The van der Waals surface area contributed by atoms with Crippen molar-refractivity contribution in [2.45, 2.75) is 44.6 Å². The van der Waals surface area contributed by atoms with Gasteiger partial charge in [-0.3, -0.25) is 14.9 Å². The largest absolute Gasteiger partial charge is 0.349 e. The lowest BCUT2D eigenvalue weighted by atomic mass is 10.1. The Morgan fingerprint density at radius 3 is 2.23 bits per heavy atom. The molecule has 0 saturated heterocycles. The van der Waals surface area contributed by atoms with E-state index in [2.05, 4.69) is 5.32 Å². The second-order valence-corrected chi connectivity index (χ2v) is 5.30. The van der Waals surface area contributed by atoms with Gasteiger partial charge in [-0.05, 0) is 12.8 Å². The van der Waals surface area contributed by atoms with Crippen LogP contribution in [0.25, 0.3) is 0 Å². The van der Waals surface area contributed by atoms with Gasteiger partial charge in [0.05, 0.1) is 10.5 Å². The summed E-state index contributed by atoms with van der Waals surface area (Å²) in [6.45, 7) is 0. The fourth-order valence-corrected chi connectivity index (χ4v) is 2.58. The molecule has 2 rings (SSSR count). The van der Waals surface area contributed by atoms with E-state index in [-0.39, 0.29) is 6.04 Å². The predicted octanol–water partition coefficient (Wildman–Crippen LogP) is 3.46. The summed E-state index contributed by atoms with van der Waals surface area (Å²) in [7, 11) is 0. The van der Waals surface area contributed by atoms with Crippen LogP contribution in [0.4, 0.5) is 18.9 Å². The Bertz CT molecular complexity index is 599. The average Bonchev–Trinajstić information content (AvgIpc) is 2.73. The molecule has 120 valence electrons. The van der Waals surface area contributed by atoms with E-state index >= 15 is 0 Å². The van der Waals surface area contributed by atoms with Crippen LogP contribution in [0.3, 0.4) is 0 Å². The number of halogens is 3. The molecule has 8 heteroatoms. The predicted molar refractivity (Wildman–Crippen MR) is 71.9 cm³/mol. The number of carbonyl (C=O) groups is 1. The highest BCUT2D eigenvalue weighted by Crippen LogP contribution is 2.26. The fraction of sp³-hybridized carbons (Fsp3) is 0.500. The van der Waals surface area contributed by atoms with E-state index < -0.39 is 39.5 Å². The normalized spacial score (nSPS) is 16.1. The zero-order valence-electron chi connectivity index (χ0n) is 11.7. The maximum Gasteiger partial charge on any atom is 0.308 e. The van der Waals surface area contributed by atoms with Crippen molar-refractivity contribution in [3.8, 4) is 0 Å². The van der Waals surface area contributed by atoms with Gasteiger partial charge in [0.1, 0.15) is 0 Å². The molecular formula is C14H15F3N2O3. The molecular weight excluding hydrogens is 301 g/mol. The summed E-state index contributed by atoms with van der Waals surface area (Å²) in [5.74, 6) is -6.60. The first kappa shape index (κ1) is 16.3. The zero-order chi connectivity index (χ0) is 16.3. The Morgan fingerprint density at radius 2 is 1.68 bits per heavy atom. The van der Waals surface area contributed by atoms with Crippen LogP contribution < -0.4 is 5.32 Å². The Hall–Kier alpha value is -2.12. The van der Waals surface area contributed by atoms with Gasteiger partial charge in [-0.1, -0.05) is 25.7 Å². The number of nitrogens with zero attached hydrogens (tertiary/aromatic N) is 1. The smallest absolute Gasteiger partial charge is 0.308 e.